The summed E-state index contributed by atoms with van der Waals surface area (Å²) in [4.78, 5) is 94.0. The number of nitrogens with zero attached hydrogens (tertiary/aromatic N) is 10. The van der Waals surface area contributed by atoms with Gasteiger partial charge in [0.25, 0.3) is 0 Å². The number of nitrogens with one attached hydrogen (secondary N) is 7. The van der Waals surface area contributed by atoms with E-state index >= 15 is 0 Å². The van der Waals surface area contributed by atoms with Gasteiger partial charge in [-0.05, 0) is 66.7 Å². The normalized spacial score (nSPS) is 20.1. The minimum atomic E-state index is -0.891. The number of anilines is 8. The molecular weight excluding hydrogens is 2040 g/mol. The van der Waals surface area contributed by atoms with E-state index in [0.717, 1.165) is 11.1 Å². The summed E-state index contributed by atoms with van der Waals surface area (Å²) in [5.41, 5.74) is 7.06. The van der Waals surface area contributed by atoms with Crippen LogP contribution >= 0.6 is 0 Å². The number of rotatable bonds is 27. The third-order valence-electron chi connectivity index (χ3n) is 21.6. The standard InChI is InChI=1S/2C25H26N4O8.C18H22N4O6.C17H20N4O6.C4H6N2.3Y/c2*30-13-20-16(31)11-21(37-20)29-12-19-23(28-24(29)32)27-22-17(7-4-8-18(22)36-19)34-10-9-26-25(33)35-14-15-5-2-1-3-6-15;1-19-5-6-26-11-3-2-4-12-16(11)20-17-13(27-12)8-22(18(25)21-17)15-7-10(24)14(9-23)28-15;18-4-5-25-10-2-1-3-11-15(10)19-16-12(26-11)7-21(17(24)20-16)14-6-9(23)13(8-22)27-14;1-6-3-2-5-4-6;;;/h2*1-8,12,16,20-21,30-31H,9-11,13-14H2,(H,26,33)(H,27,28,32);2-4,8,10,14-15,19,23-24H,5-7,9H2,1H3,(H,20,21,25);1-3,7,9,13-14,22-23H,4-6,8,18H2,(H,19,20,24);2-4H,1H3;;;/t2*16?,20-,21-;10?,14-,15-;9?,13-,14-;;;;/m1111..../s1. The zero-order valence-corrected chi connectivity index (χ0v) is 82.9. The Bertz CT molecular complexity index is 5960. The first-order valence-electron chi connectivity index (χ1n) is 42.9. The van der Waals surface area contributed by atoms with Crippen LogP contribution < -0.4 is 104 Å². The quantitative estimate of drug-likeness (QED) is 0.0305. The number of ether oxygens (including phenoxy) is 14. The Morgan fingerprint density at radius 3 is 0.949 bits per heavy atom. The zero-order valence-electron chi connectivity index (χ0n) is 74.4. The molecule has 8 aliphatic rings. The van der Waals surface area contributed by atoms with Crippen LogP contribution in [0.3, 0.4) is 0 Å². The van der Waals surface area contributed by atoms with E-state index in [-0.39, 0.29) is 225 Å². The number of aliphatic hydroxyl groups is 8. The van der Waals surface area contributed by atoms with Crippen LogP contribution in [0.5, 0.6) is 69.0 Å². The molecular formula is C89H100N18O28Y3. The van der Waals surface area contributed by atoms with Crippen LogP contribution in [-0.2, 0) is 147 Å². The van der Waals surface area contributed by atoms with Crippen molar-refractivity contribution in [3.05, 3.63) is 230 Å². The number of hydrogen-bond acceptors (Lipinski definition) is 39. The average molecular weight is 2140 g/mol. The number of carbonyl (C=O) groups excluding carboxylic acids is 2. The third kappa shape index (κ3) is 26.5. The largest absolute Gasteiger partial charge is 0.490 e. The topological polar surface area (TPSA) is 593 Å². The number of aliphatic hydroxyl groups excluding tert-OH is 8. The van der Waals surface area contributed by atoms with Crippen molar-refractivity contribution < 1.29 is 215 Å². The fourth-order valence-corrected chi connectivity index (χ4v) is 14.7. The summed E-state index contributed by atoms with van der Waals surface area (Å²) < 4.78 is 86.0. The SMILES string of the molecule is CNCCOc1cccc2c1Nc1nc(=O)n([C@H]3CC(O)[C@@H](CO)O3)cc1O2.Cn1ccnc1.NCCOc1cccc2c1Nc1nc(=O)n([C@H]3CC(O)[C@@H](CO)O3)cc1O2.O=C(NCCOc1cccc2c1Nc1nc(=O)n([C@H]3CC(O)[C@@H](CO)O3)cc1O2)OCc1ccccc1.O=C(NCCOc1cccc2c1Nc1nc(=O)n([C@H]3CC(O)[C@@H](CO)O3)cc1O2)OCc1ccccc1.[Y].[Y].[Y]. The molecule has 11 aromatic rings. The smallest absolute Gasteiger partial charge is 0.407 e. The summed E-state index contributed by atoms with van der Waals surface area (Å²) in [6, 6.07) is 39.8. The molecule has 3 radical (unpaired) electrons. The van der Waals surface area contributed by atoms with Gasteiger partial charge in [0, 0.05) is 156 Å². The van der Waals surface area contributed by atoms with Crippen LogP contribution in [0.4, 0.5) is 55.6 Å². The van der Waals surface area contributed by atoms with Crippen LogP contribution in [0.2, 0.25) is 0 Å². The number of aromatic nitrogens is 10. The molecule has 12 atom stereocenters. The number of imidazole rings is 1. The van der Waals surface area contributed by atoms with E-state index in [9.17, 15) is 69.6 Å². The second-order valence-corrected chi connectivity index (χ2v) is 31.0. The van der Waals surface area contributed by atoms with Crippen molar-refractivity contribution in [2.45, 2.75) is 113 Å². The van der Waals surface area contributed by atoms with Crippen LogP contribution in [-0.4, -0.2) is 236 Å². The average Bonchev–Trinajstić information content (AvgIpc) is 1.34. The maximum Gasteiger partial charge on any atom is 0.407 e. The van der Waals surface area contributed by atoms with Gasteiger partial charge in [0.2, 0.25) is 0 Å². The van der Waals surface area contributed by atoms with Crippen LogP contribution in [0.25, 0.3) is 0 Å². The number of benzene rings is 6. The molecule has 4 saturated heterocycles. The number of aryl methyl sites for hydroxylation is 1. The van der Waals surface area contributed by atoms with Crippen molar-refractivity contribution in [3.63, 3.8) is 0 Å². The number of fused-ring (bicyclic) bond motifs is 8. The molecule has 0 saturated carbocycles. The van der Waals surface area contributed by atoms with Crippen molar-refractivity contribution in [2.75, 3.05) is 107 Å². The number of alkyl carbamates (subject to hydrolysis) is 2. The van der Waals surface area contributed by atoms with E-state index in [1.165, 1.54) is 43.1 Å². The molecule has 17 N–H and O–H groups in total. The van der Waals surface area contributed by atoms with Gasteiger partial charge in [0.05, 0.1) is 95.0 Å². The van der Waals surface area contributed by atoms with Crippen LogP contribution in [0.15, 0.2) is 196 Å². The molecule has 0 bridgehead atoms. The molecule has 46 nitrogen and oxygen atoms in total. The first-order valence-corrected chi connectivity index (χ1v) is 42.9. The minimum Gasteiger partial charge on any atom is -0.490 e. The van der Waals surface area contributed by atoms with Gasteiger partial charge < -0.3 is 155 Å². The van der Waals surface area contributed by atoms with Crippen molar-refractivity contribution in [3.8, 4) is 69.0 Å². The molecule has 19 rings (SSSR count). The number of likely N-dealkylation sites (N-methyl/N-ethyl adjacent to an activating group) is 1. The predicted molar refractivity (Wildman–Crippen MR) is 477 cm³/mol. The Kier molecular flexibility index (Phi) is 38.9. The summed E-state index contributed by atoms with van der Waals surface area (Å²) in [5, 5.41) is 97.4. The van der Waals surface area contributed by atoms with Crippen LogP contribution in [0, 0.1) is 0 Å². The van der Waals surface area contributed by atoms with E-state index in [4.69, 9.17) is 72.0 Å². The van der Waals surface area contributed by atoms with E-state index in [2.05, 4.69) is 62.1 Å². The monoisotopic (exact) mass is 2140 g/mol. The minimum absolute atomic E-state index is 0. The summed E-state index contributed by atoms with van der Waals surface area (Å²) in [7, 11) is 3.78. The van der Waals surface area contributed by atoms with Gasteiger partial charge in [-0.2, -0.15) is 19.9 Å². The molecule has 723 valence electrons. The van der Waals surface area contributed by atoms with Gasteiger partial charge in [0.1, 0.15) is 135 Å². The fraction of sp³-hybridized carbons (Fsp3) is 0.360. The van der Waals surface area contributed by atoms with Crippen molar-refractivity contribution in [2.24, 2.45) is 12.8 Å². The fourth-order valence-electron chi connectivity index (χ4n) is 14.7. The van der Waals surface area contributed by atoms with Crippen molar-refractivity contribution in [1.82, 2.24) is 63.7 Å². The molecule has 6 aromatic carbocycles. The summed E-state index contributed by atoms with van der Waals surface area (Å²) in [6.45, 7) is 1.58. The van der Waals surface area contributed by atoms with Gasteiger partial charge in [-0.3, -0.25) is 18.3 Å². The Morgan fingerprint density at radius 1 is 0.413 bits per heavy atom. The molecule has 138 heavy (non-hydrogen) atoms. The third-order valence-corrected chi connectivity index (χ3v) is 21.6. The predicted octanol–water partition coefficient (Wildman–Crippen LogP) is 4.89. The summed E-state index contributed by atoms with van der Waals surface area (Å²) in [5.74, 6) is 6.19. The van der Waals surface area contributed by atoms with Crippen LogP contribution in [0.1, 0.15) is 61.7 Å². The number of nitrogens with two attached hydrogens (primary N) is 1. The summed E-state index contributed by atoms with van der Waals surface area (Å²) in [6.07, 6.45) is 1.29. The molecule has 0 aliphatic carbocycles. The van der Waals surface area contributed by atoms with Gasteiger partial charge in [0.15, 0.2) is 69.3 Å². The van der Waals surface area contributed by atoms with E-state index < -0.39 is 109 Å². The van der Waals surface area contributed by atoms with Crippen molar-refractivity contribution >= 4 is 58.2 Å². The zero-order chi connectivity index (χ0) is 94.6. The van der Waals surface area contributed by atoms with E-state index in [1.54, 1.807) is 79.3 Å². The Labute approximate surface area is 861 Å². The second kappa shape index (κ2) is 50.7. The molecule has 4 fully saturated rings. The van der Waals surface area contributed by atoms with Gasteiger partial charge >= 0.3 is 34.9 Å². The van der Waals surface area contributed by atoms with E-state index in [0.29, 0.717) is 107 Å². The molecule has 4 unspecified atom stereocenters. The number of para-hydroxylation sites is 4. The number of hydrogen-bond donors (Lipinski definition) is 16. The molecule has 13 heterocycles. The maximum atomic E-state index is 12.6. The van der Waals surface area contributed by atoms with E-state index in [1.807, 2.05) is 91.6 Å². The summed E-state index contributed by atoms with van der Waals surface area (Å²) >= 11 is 0. The Morgan fingerprint density at radius 2 is 0.703 bits per heavy atom. The molecule has 5 aromatic heterocycles. The second-order valence-electron chi connectivity index (χ2n) is 31.0. The molecule has 2 amide bonds. The first kappa shape index (κ1) is 106. The molecule has 49 heteroatoms. The van der Waals surface area contributed by atoms with Crippen molar-refractivity contribution in [1.29, 1.82) is 0 Å². The maximum absolute atomic E-state index is 12.6. The Hall–Kier alpha value is -11.1. The van der Waals surface area contributed by atoms with Gasteiger partial charge in [-0.15, -0.1) is 0 Å². The number of carbonyl (C=O) groups is 2. The first-order chi connectivity index (χ1) is 65.6. The number of amides is 2. The molecule has 8 aliphatic heterocycles. The van der Waals surface area contributed by atoms with Gasteiger partial charge in [-0.1, -0.05) is 84.9 Å². The van der Waals surface area contributed by atoms with Gasteiger partial charge in [-0.25, -0.2) is 33.8 Å². The Balaban J connectivity index is 0.000000162. The molecule has 0 spiro atoms.